The monoisotopic (exact) mass is 293 g/mol. The minimum atomic E-state index is 0.405. The zero-order valence-corrected chi connectivity index (χ0v) is 12.4. The molecule has 1 rings (SSSR count). The van der Waals surface area contributed by atoms with E-state index in [1.54, 1.807) is 6.07 Å². The smallest absolute Gasteiger partial charge is 0.0637 e. The Labute approximate surface area is 118 Å². The predicted molar refractivity (Wildman–Crippen MR) is 77.3 cm³/mol. The van der Waals surface area contributed by atoms with Gasteiger partial charge in [0.05, 0.1) is 10.0 Å². The summed E-state index contributed by atoms with van der Waals surface area (Å²) in [5.41, 5.74) is 1.03. The molecule has 0 aliphatic heterocycles. The maximum Gasteiger partial charge on any atom is 0.0637 e. The van der Waals surface area contributed by atoms with Crippen molar-refractivity contribution in [3.05, 3.63) is 33.8 Å². The highest BCUT2D eigenvalue weighted by Crippen LogP contribution is 2.25. The molecule has 0 saturated carbocycles. The van der Waals surface area contributed by atoms with Crippen molar-refractivity contribution in [2.45, 2.75) is 32.9 Å². The predicted octanol–water partition coefficient (Wildman–Crippen LogP) is 4.74. The summed E-state index contributed by atoms with van der Waals surface area (Å²) in [5, 5.41) is 4.71. The van der Waals surface area contributed by atoms with Crippen molar-refractivity contribution >= 4 is 34.8 Å². The molecule has 0 fully saturated rings. The van der Waals surface area contributed by atoms with E-state index in [1.165, 1.54) is 0 Å². The lowest BCUT2D eigenvalue weighted by Crippen LogP contribution is -2.33. The largest absolute Gasteiger partial charge is 0.310 e. The lowest BCUT2D eigenvalue weighted by atomic mass is 10.0. The van der Waals surface area contributed by atoms with Gasteiger partial charge in [-0.25, -0.2) is 0 Å². The Morgan fingerprint density at radius 3 is 2.53 bits per heavy atom. The van der Waals surface area contributed by atoms with Crippen LogP contribution in [-0.2, 0) is 6.54 Å². The van der Waals surface area contributed by atoms with Crippen LogP contribution in [0.15, 0.2) is 18.2 Å². The standard InChI is InChI=1S/C13H18Cl3N/c1-9(2)12(6-7-14)17-8-10-4-3-5-11(15)13(10)16/h3-5,9,12,17H,6-8H2,1-2H3. The van der Waals surface area contributed by atoms with Crippen LogP contribution in [0.4, 0.5) is 0 Å². The summed E-state index contributed by atoms with van der Waals surface area (Å²) in [6.45, 7) is 5.09. The van der Waals surface area contributed by atoms with Crippen LogP contribution in [0, 0.1) is 5.92 Å². The molecule has 0 amide bonds. The van der Waals surface area contributed by atoms with Crippen LogP contribution >= 0.6 is 34.8 Å². The molecule has 0 aromatic heterocycles. The maximum absolute atomic E-state index is 6.14. The van der Waals surface area contributed by atoms with E-state index in [1.807, 2.05) is 12.1 Å². The summed E-state index contributed by atoms with van der Waals surface area (Å²) in [6, 6.07) is 6.10. The summed E-state index contributed by atoms with van der Waals surface area (Å²) < 4.78 is 0. The van der Waals surface area contributed by atoms with E-state index in [4.69, 9.17) is 34.8 Å². The molecule has 0 radical (unpaired) electrons. The number of rotatable bonds is 6. The van der Waals surface area contributed by atoms with Crippen molar-refractivity contribution in [2.75, 3.05) is 5.88 Å². The molecule has 1 atom stereocenters. The molecule has 0 saturated heterocycles. The fourth-order valence-electron chi connectivity index (χ4n) is 1.71. The highest BCUT2D eigenvalue weighted by atomic mass is 35.5. The molecule has 4 heteroatoms. The molecular formula is C13H18Cl3N. The van der Waals surface area contributed by atoms with Crippen LogP contribution in [0.3, 0.4) is 0 Å². The molecule has 1 aromatic carbocycles. The van der Waals surface area contributed by atoms with Crippen molar-refractivity contribution in [1.29, 1.82) is 0 Å². The number of nitrogens with one attached hydrogen (secondary N) is 1. The van der Waals surface area contributed by atoms with Gasteiger partial charge in [0.25, 0.3) is 0 Å². The van der Waals surface area contributed by atoms with Crippen molar-refractivity contribution in [2.24, 2.45) is 5.92 Å². The Morgan fingerprint density at radius 1 is 1.24 bits per heavy atom. The van der Waals surface area contributed by atoms with E-state index in [2.05, 4.69) is 19.2 Å². The fraction of sp³-hybridized carbons (Fsp3) is 0.538. The second kappa shape index (κ2) is 7.48. The van der Waals surface area contributed by atoms with Crippen molar-refractivity contribution < 1.29 is 0 Å². The van der Waals surface area contributed by atoms with Crippen LogP contribution in [-0.4, -0.2) is 11.9 Å². The molecule has 1 N–H and O–H groups in total. The van der Waals surface area contributed by atoms with Gasteiger partial charge in [-0.05, 0) is 24.0 Å². The Kier molecular flexibility index (Phi) is 6.65. The number of halogens is 3. The van der Waals surface area contributed by atoms with Gasteiger partial charge in [0.1, 0.15) is 0 Å². The van der Waals surface area contributed by atoms with Crippen LogP contribution in [0.25, 0.3) is 0 Å². The van der Waals surface area contributed by atoms with Crippen molar-refractivity contribution in [1.82, 2.24) is 5.32 Å². The first kappa shape index (κ1) is 15.1. The number of hydrogen-bond donors (Lipinski definition) is 1. The van der Waals surface area contributed by atoms with Gasteiger partial charge in [-0.1, -0.05) is 49.2 Å². The zero-order chi connectivity index (χ0) is 12.8. The number of hydrogen-bond acceptors (Lipinski definition) is 1. The Morgan fingerprint density at radius 2 is 1.94 bits per heavy atom. The van der Waals surface area contributed by atoms with Crippen LogP contribution < -0.4 is 5.32 Å². The third kappa shape index (κ3) is 4.67. The average molecular weight is 295 g/mol. The van der Waals surface area contributed by atoms with E-state index in [0.717, 1.165) is 18.5 Å². The summed E-state index contributed by atoms with van der Waals surface area (Å²) in [7, 11) is 0. The first-order valence-electron chi connectivity index (χ1n) is 5.78. The minimum absolute atomic E-state index is 0.405. The van der Waals surface area contributed by atoms with E-state index >= 15 is 0 Å². The molecule has 0 aliphatic rings. The van der Waals surface area contributed by atoms with Crippen LogP contribution in [0.1, 0.15) is 25.8 Å². The van der Waals surface area contributed by atoms with Crippen LogP contribution in [0.2, 0.25) is 10.0 Å². The molecule has 0 bridgehead atoms. The molecule has 1 nitrogen and oxygen atoms in total. The number of benzene rings is 1. The topological polar surface area (TPSA) is 12.0 Å². The quantitative estimate of drug-likeness (QED) is 0.748. The highest BCUT2D eigenvalue weighted by molar-refractivity contribution is 6.42. The minimum Gasteiger partial charge on any atom is -0.310 e. The van der Waals surface area contributed by atoms with Crippen molar-refractivity contribution in [3.8, 4) is 0 Å². The summed E-state index contributed by atoms with van der Waals surface area (Å²) in [4.78, 5) is 0. The first-order valence-corrected chi connectivity index (χ1v) is 7.07. The molecule has 0 heterocycles. The second-order valence-electron chi connectivity index (χ2n) is 4.42. The normalized spacial score (nSPS) is 13.1. The van der Waals surface area contributed by atoms with Gasteiger partial charge in [0.2, 0.25) is 0 Å². The summed E-state index contributed by atoms with van der Waals surface area (Å²) >= 11 is 17.9. The Balaban J connectivity index is 2.62. The molecule has 0 aliphatic carbocycles. The Hall–Kier alpha value is 0.0500. The Bertz CT molecular complexity index is 353. The van der Waals surface area contributed by atoms with E-state index in [-0.39, 0.29) is 0 Å². The molecular weight excluding hydrogens is 277 g/mol. The maximum atomic E-state index is 6.14. The van der Waals surface area contributed by atoms with Crippen molar-refractivity contribution in [3.63, 3.8) is 0 Å². The molecule has 0 spiro atoms. The second-order valence-corrected chi connectivity index (χ2v) is 5.59. The van der Waals surface area contributed by atoms with Gasteiger partial charge in [0, 0.05) is 18.5 Å². The average Bonchev–Trinajstić information content (AvgIpc) is 2.29. The molecule has 1 aromatic rings. The van der Waals surface area contributed by atoms with E-state index < -0.39 is 0 Å². The third-order valence-corrected chi connectivity index (χ3v) is 3.89. The zero-order valence-electron chi connectivity index (χ0n) is 10.1. The fourth-order valence-corrected chi connectivity index (χ4v) is 2.34. The third-order valence-electron chi connectivity index (χ3n) is 2.81. The lowest BCUT2D eigenvalue weighted by molar-refractivity contribution is 0.389. The summed E-state index contributed by atoms with van der Waals surface area (Å²) in [6.07, 6.45) is 0.956. The van der Waals surface area contributed by atoms with Crippen LogP contribution in [0.5, 0.6) is 0 Å². The lowest BCUT2D eigenvalue weighted by Gasteiger charge is -2.22. The first-order chi connectivity index (χ1) is 8.06. The van der Waals surface area contributed by atoms with Gasteiger partial charge >= 0.3 is 0 Å². The van der Waals surface area contributed by atoms with Gasteiger partial charge in [-0.3, -0.25) is 0 Å². The molecule has 17 heavy (non-hydrogen) atoms. The van der Waals surface area contributed by atoms with E-state index in [9.17, 15) is 0 Å². The highest BCUT2D eigenvalue weighted by Gasteiger charge is 2.13. The van der Waals surface area contributed by atoms with Gasteiger partial charge in [-0.15, -0.1) is 11.6 Å². The number of alkyl halides is 1. The van der Waals surface area contributed by atoms with E-state index in [0.29, 0.717) is 27.9 Å². The van der Waals surface area contributed by atoms with Gasteiger partial charge < -0.3 is 5.32 Å². The SMILES string of the molecule is CC(C)C(CCCl)NCc1cccc(Cl)c1Cl. The molecule has 96 valence electrons. The summed E-state index contributed by atoms with van der Waals surface area (Å²) in [5.74, 6) is 1.21. The van der Waals surface area contributed by atoms with Gasteiger partial charge in [0.15, 0.2) is 0 Å². The van der Waals surface area contributed by atoms with Gasteiger partial charge in [-0.2, -0.15) is 0 Å². The molecule has 1 unspecified atom stereocenters.